The maximum Gasteiger partial charge on any atom is 0.291 e. The molecule has 0 fully saturated rings. The van der Waals surface area contributed by atoms with Gasteiger partial charge in [0.15, 0.2) is 5.69 Å². The molecule has 5 nitrogen and oxygen atoms in total. The van der Waals surface area contributed by atoms with Gasteiger partial charge in [0.2, 0.25) is 0 Å². The van der Waals surface area contributed by atoms with E-state index in [2.05, 4.69) is 31.0 Å². The minimum Gasteiger partial charge on any atom is -0.327 e. The summed E-state index contributed by atoms with van der Waals surface area (Å²) in [5.41, 5.74) is 6.05. The first-order valence-corrected chi connectivity index (χ1v) is 10.3. The van der Waals surface area contributed by atoms with E-state index < -0.39 is 0 Å². The molecule has 0 unspecified atom stereocenters. The lowest BCUT2D eigenvalue weighted by molar-refractivity contribution is 0.0949. The quantitative estimate of drug-likeness (QED) is 0.471. The Morgan fingerprint density at radius 1 is 1.07 bits per heavy atom. The van der Waals surface area contributed by atoms with Crippen molar-refractivity contribution in [3.05, 3.63) is 76.0 Å². The monoisotopic (exact) mass is 436 g/mol. The second-order valence-corrected chi connectivity index (χ2v) is 7.63. The molecule has 4 rings (SSSR count). The van der Waals surface area contributed by atoms with Crippen molar-refractivity contribution in [3.63, 3.8) is 0 Å². The molecule has 1 aliphatic heterocycles. The third kappa shape index (κ3) is 3.92. The molecule has 1 aromatic heterocycles. The summed E-state index contributed by atoms with van der Waals surface area (Å²) >= 11 is 3.48. The summed E-state index contributed by atoms with van der Waals surface area (Å²) in [6, 6.07) is 17.8. The van der Waals surface area contributed by atoms with Crippen molar-refractivity contribution in [2.24, 2.45) is 5.10 Å². The van der Waals surface area contributed by atoms with E-state index >= 15 is 0 Å². The molecule has 1 N–H and O–H groups in total. The number of hydrogen-bond acceptors (Lipinski definition) is 3. The van der Waals surface area contributed by atoms with Crippen LogP contribution in [0.4, 0.5) is 0 Å². The van der Waals surface area contributed by atoms with Gasteiger partial charge in [-0.2, -0.15) is 5.10 Å². The van der Waals surface area contributed by atoms with Crippen LogP contribution in [0.5, 0.6) is 0 Å². The second-order valence-electron chi connectivity index (χ2n) is 6.78. The third-order valence-corrected chi connectivity index (χ3v) is 5.61. The van der Waals surface area contributed by atoms with Gasteiger partial charge in [0.25, 0.3) is 5.91 Å². The van der Waals surface area contributed by atoms with Crippen LogP contribution in [0.25, 0.3) is 11.4 Å². The van der Waals surface area contributed by atoms with Gasteiger partial charge in [-0.3, -0.25) is 4.79 Å². The molecule has 2 aromatic carbocycles. The van der Waals surface area contributed by atoms with E-state index in [4.69, 9.17) is 4.98 Å². The SMILES string of the molecule is O=C(NN=Cc1ccccc1Br)c1nc(-c2ccccc2)n2c1CCCCC2. The van der Waals surface area contributed by atoms with Crippen molar-refractivity contribution >= 4 is 28.1 Å². The van der Waals surface area contributed by atoms with Crippen LogP contribution >= 0.6 is 15.9 Å². The fraction of sp³-hybridized carbons (Fsp3) is 0.227. The highest BCUT2D eigenvalue weighted by atomic mass is 79.9. The number of carbonyl (C=O) groups is 1. The fourth-order valence-electron chi connectivity index (χ4n) is 3.50. The Hall–Kier alpha value is -2.73. The first-order valence-electron chi connectivity index (χ1n) is 9.47. The molecule has 2 heterocycles. The Kier molecular flexibility index (Phi) is 5.67. The van der Waals surface area contributed by atoms with Gasteiger partial charge < -0.3 is 4.57 Å². The highest BCUT2D eigenvalue weighted by Gasteiger charge is 2.24. The molecule has 0 radical (unpaired) electrons. The highest BCUT2D eigenvalue weighted by Crippen LogP contribution is 2.27. The molecule has 0 saturated heterocycles. The van der Waals surface area contributed by atoms with E-state index in [-0.39, 0.29) is 5.91 Å². The molecule has 28 heavy (non-hydrogen) atoms. The van der Waals surface area contributed by atoms with E-state index in [0.717, 1.165) is 59.3 Å². The molecular formula is C22H21BrN4O. The smallest absolute Gasteiger partial charge is 0.291 e. The summed E-state index contributed by atoms with van der Waals surface area (Å²) in [4.78, 5) is 17.6. The minimum atomic E-state index is -0.267. The molecule has 0 aliphatic carbocycles. The van der Waals surface area contributed by atoms with Gasteiger partial charge in [0.05, 0.1) is 11.9 Å². The highest BCUT2D eigenvalue weighted by molar-refractivity contribution is 9.10. The summed E-state index contributed by atoms with van der Waals surface area (Å²) in [5, 5.41) is 4.13. The number of fused-ring (bicyclic) bond motifs is 1. The number of nitrogens with zero attached hydrogens (tertiary/aromatic N) is 3. The number of hydrogen-bond donors (Lipinski definition) is 1. The number of imidazole rings is 1. The number of benzene rings is 2. The van der Waals surface area contributed by atoms with Crippen molar-refractivity contribution in [2.75, 3.05) is 0 Å². The third-order valence-electron chi connectivity index (χ3n) is 4.89. The van der Waals surface area contributed by atoms with Gasteiger partial charge in [-0.1, -0.05) is 70.9 Å². The summed E-state index contributed by atoms with van der Waals surface area (Å²) in [6.07, 6.45) is 5.83. The summed E-state index contributed by atoms with van der Waals surface area (Å²) in [7, 11) is 0. The molecule has 0 atom stereocenters. The van der Waals surface area contributed by atoms with Crippen LogP contribution in [0.15, 0.2) is 64.2 Å². The van der Waals surface area contributed by atoms with Crippen LogP contribution in [0.1, 0.15) is 41.0 Å². The van der Waals surface area contributed by atoms with Gasteiger partial charge in [-0.05, 0) is 25.3 Å². The lowest BCUT2D eigenvalue weighted by Gasteiger charge is -2.08. The fourth-order valence-corrected chi connectivity index (χ4v) is 3.89. The molecule has 0 bridgehead atoms. The molecule has 1 aliphatic rings. The van der Waals surface area contributed by atoms with Crippen molar-refractivity contribution in [1.82, 2.24) is 15.0 Å². The molecule has 0 saturated carbocycles. The maximum absolute atomic E-state index is 12.8. The summed E-state index contributed by atoms with van der Waals surface area (Å²) in [6.45, 7) is 0.889. The Labute approximate surface area is 172 Å². The van der Waals surface area contributed by atoms with Crippen molar-refractivity contribution in [2.45, 2.75) is 32.2 Å². The van der Waals surface area contributed by atoms with Crippen molar-refractivity contribution in [1.29, 1.82) is 0 Å². The largest absolute Gasteiger partial charge is 0.327 e. The Balaban J connectivity index is 1.63. The first-order chi connectivity index (χ1) is 13.7. The zero-order valence-electron chi connectivity index (χ0n) is 15.4. The summed E-state index contributed by atoms with van der Waals surface area (Å²) < 4.78 is 3.13. The molecule has 0 spiro atoms. The van der Waals surface area contributed by atoms with Crippen LogP contribution in [-0.2, 0) is 13.0 Å². The Morgan fingerprint density at radius 2 is 1.86 bits per heavy atom. The van der Waals surface area contributed by atoms with E-state index in [0.29, 0.717) is 5.69 Å². The number of nitrogens with one attached hydrogen (secondary N) is 1. The van der Waals surface area contributed by atoms with Gasteiger partial charge >= 0.3 is 0 Å². The van der Waals surface area contributed by atoms with Crippen molar-refractivity contribution in [3.8, 4) is 11.4 Å². The average molecular weight is 437 g/mol. The lowest BCUT2D eigenvalue weighted by atomic mass is 10.1. The average Bonchev–Trinajstić information content (AvgIpc) is 2.91. The predicted octanol–water partition coefficient (Wildman–Crippen LogP) is 4.80. The standard InChI is InChI=1S/C22H21BrN4O/c23-18-12-7-6-11-17(18)15-24-26-22(28)20-19-13-5-2-8-14-27(19)21(25-20)16-9-3-1-4-10-16/h1,3-4,6-7,9-12,15H,2,5,8,13-14H2,(H,26,28). The minimum absolute atomic E-state index is 0.267. The second kappa shape index (κ2) is 8.52. The lowest BCUT2D eigenvalue weighted by Crippen LogP contribution is -2.20. The van der Waals surface area contributed by atoms with Crippen LogP contribution in [-0.4, -0.2) is 21.7 Å². The van der Waals surface area contributed by atoms with Crippen molar-refractivity contribution < 1.29 is 4.79 Å². The molecule has 6 heteroatoms. The molecule has 142 valence electrons. The number of amides is 1. The van der Waals surface area contributed by atoms with E-state index in [1.165, 1.54) is 0 Å². The Morgan fingerprint density at radius 3 is 2.68 bits per heavy atom. The number of rotatable bonds is 4. The maximum atomic E-state index is 12.8. The normalized spacial score (nSPS) is 13.9. The topological polar surface area (TPSA) is 59.3 Å². The van der Waals surface area contributed by atoms with Crippen LogP contribution in [0, 0.1) is 0 Å². The molecule has 3 aromatic rings. The number of halogens is 1. The predicted molar refractivity (Wildman–Crippen MR) is 114 cm³/mol. The van der Waals surface area contributed by atoms with Crippen LogP contribution in [0.2, 0.25) is 0 Å². The van der Waals surface area contributed by atoms with E-state index in [9.17, 15) is 4.79 Å². The zero-order valence-corrected chi connectivity index (χ0v) is 17.0. The van der Waals surface area contributed by atoms with Crippen LogP contribution in [0.3, 0.4) is 0 Å². The number of carbonyl (C=O) groups excluding carboxylic acids is 1. The molecular weight excluding hydrogens is 416 g/mol. The first kappa shape index (κ1) is 18.6. The van der Waals surface area contributed by atoms with Crippen LogP contribution < -0.4 is 5.43 Å². The van der Waals surface area contributed by atoms with Gasteiger partial charge in [0, 0.05) is 22.1 Å². The molecule has 1 amide bonds. The van der Waals surface area contributed by atoms with Gasteiger partial charge in [0.1, 0.15) is 5.82 Å². The summed E-state index contributed by atoms with van der Waals surface area (Å²) in [5.74, 6) is 0.591. The van der Waals surface area contributed by atoms with E-state index in [1.54, 1.807) is 6.21 Å². The Bertz CT molecular complexity index is 1010. The van der Waals surface area contributed by atoms with Gasteiger partial charge in [-0.25, -0.2) is 10.4 Å². The number of aromatic nitrogens is 2. The van der Waals surface area contributed by atoms with E-state index in [1.807, 2.05) is 54.6 Å². The van der Waals surface area contributed by atoms with Gasteiger partial charge in [-0.15, -0.1) is 0 Å². The zero-order chi connectivity index (χ0) is 19.3. The number of hydrazone groups is 1.